The molecule has 0 radical (unpaired) electrons. The number of hydrogen-bond donors (Lipinski definition) is 2. The molecule has 0 bridgehead atoms. The normalized spacial score (nSPS) is 10.4. The van der Waals surface area contributed by atoms with Crippen molar-refractivity contribution in [1.29, 1.82) is 0 Å². The lowest BCUT2D eigenvalue weighted by molar-refractivity contribution is 0.102. The van der Waals surface area contributed by atoms with Crippen LogP contribution in [-0.2, 0) is 0 Å². The van der Waals surface area contributed by atoms with Gasteiger partial charge in [-0.2, -0.15) is 5.10 Å². The third-order valence-electron chi connectivity index (χ3n) is 3.06. The van der Waals surface area contributed by atoms with Crippen LogP contribution in [0.3, 0.4) is 0 Å². The number of carbonyl (C=O) groups is 1. The van der Waals surface area contributed by atoms with Gasteiger partial charge >= 0.3 is 0 Å². The Kier molecular flexibility index (Phi) is 3.53. The molecule has 3 aromatic rings. The zero-order valence-corrected chi connectivity index (χ0v) is 11.8. The number of nitrogens with zero attached hydrogens (tertiary/aromatic N) is 3. The summed E-state index contributed by atoms with van der Waals surface area (Å²) in [6.07, 6.45) is 4.94. The highest BCUT2D eigenvalue weighted by Gasteiger charge is 2.14. The number of anilines is 1. The quantitative estimate of drug-likeness (QED) is 0.766. The molecule has 1 amide bonds. The zero-order valence-electron chi connectivity index (χ0n) is 11.8. The van der Waals surface area contributed by atoms with E-state index in [4.69, 9.17) is 0 Å². The Hall–Kier alpha value is -3.22. The predicted molar refractivity (Wildman–Crippen MR) is 81.1 cm³/mol. The fourth-order valence-corrected chi connectivity index (χ4v) is 2.01. The molecule has 3 heterocycles. The van der Waals surface area contributed by atoms with Gasteiger partial charge in [-0.05, 0) is 37.3 Å². The molecule has 3 rings (SSSR count). The van der Waals surface area contributed by atoms with Crippen LogP contribution in [0.25, 0.3) is 5.82 Å². The second-order valence-electron chi connectivity index (χ2n) is 4.66. The molecule has 7 nitrogen and oxygen atoms in total. The average molecular weight is 295 g/mol. The highest BCUT2D eigenvalue weighted by atomic mass is 16.2. The van der Waals surface area contributed by atoms with E-state index in [1.165, 1.54) is 10.7 Å². The Morgan fingerprint density at radius 2 is 2.09 bits per heavy atom. The number of amides is 1. The highest BCUT2D eigenvalue weighted by molar-refractivity contribution is 6.04. The number of nitrogens with one attached hydrogen (secondary N) is 2. The standard InChI is InChI=1S/C15H13N5O2/c1-10-5-6-11(14(21)18-10)15(22)19-12-4-2-7-16-13(12)20-9-3-8-17-20/h2-9H,1H3,(H,18,21)(H,19,22). The maximum Gasteiger partial charge on any atom is 0.261 e. The summed E-state index contributed by atoms with van der Waals surface area (Å²) in [5.74, 6) is -0.0213. The van der Waals surface area contributed by atoms with Gasteiger partial charge in [0.25, 0.3) is 11.5 Å². The Labute approximate surface area is 125 Å². The maximum absolute atomic E-state index is 12.3. The first-order chi connectivity index (χ1) is 10.6. The summed E-state index contributed by atoms with van der Waals surface area (Å²) < 4.78 is 1.54. The first kappa shape index (κ1) is 13.7. The second kappa shape index (κ2) is 5.65. The molecule has 110 valence electrons. The lowest BCUT2D eigenvalue weighted by Crippen LogP contribution is -2.24. The topological polar surface area (TPSA) is 92.7 Å². The Morgan fingerprint density at radius 3 is 2.82 bits per heavy atom. The molecule has 0 aliphatic rings. The lowest BCUT2D eigenvalue weighted by atomic mass is 10.2. The molecule has 7 heteroatoms. The first-order valence-electron chi connectivity index (χ1n) is 6.61. The second-order valence-corrected chi connectivity index (χ2v) is 4.66. The zero-order chi connectivity index (χ0) is 15.5. The fourth-order valence-electron chi connectivity index (χ4n) is 2.01. The Bertz CT molecular complexity index is 868. The molecular weight excluding hydrogens is 282 g/mol. The minimum absolute atomic E-state index is 0.0425. The first-order valence-corrected chi connectivity index (χ1v) is 6.61. The minimum atomic E-state index is -0.498. The van der Waals surface area contributed by atoms with Crippen LogP contribution in [0.1, 0.15) is 16.1 Å². The van der Waals surface area contributed by atoms with Gasteiger partial charge in [-0.1, -0.05) is 0 Å². The summed E-state index contributed by atoms with van der Waals surface area (Å²) in [5, 5.41) is 6.78. The fraction of sp³-hybridized carbons (Fsp3) is 0.0667. The van der Waals surface area contributed by atoms with Crippen molar-refractivity contribution in [3.8, 4) is 5.82 Å². The molecule has 0 aliphatic heterocycles. The van der Waals surface area contributed by atoms with Crippen molar-refractivity contribution in [3.05, 3.63) is 70.5 Å². The number of aryl methyl sites for hydroxylation is 1. The van der Waals surface area contributed by atoms with Crippen LogP contribution >= 0.6 is 0 Å². The molecule has 22 heavy (non-hydrogen) atoms. The van der Waals surface area contributed by atoms with E-state index in [1.54, 1.807) is 49.8 Å². The van der Waals surface area contributed by atoms with Crippen LogP contribution in [0.4, 0.5) is 5.69 Å². The molecule has 0 atom stereocenters. The Balaban J connectivity index is 1.94. The van der Waals surface area contributed by atoms with E-state index < -0.39 is 11.5 Å². The number of rotatable bonds is 3. The van der Waals surface area contributed by atoms with Crippen LogP contribution in [0.15, 0.2) is 53.7 Å². The van der Waals surface area contributed by atoms with Gasteiger partial charge < -0.3 is 10.3 Å². The summed E-state index contributed by atoms with van der Waals surface area (Å²) in [6.45, 7) is 1.75. The number of H-pyrrole nitrogens is 1. The molecule has 0 aromatic carbocycles. The van der Waals surface area contributed by atoms with E-state index in [0.29, 0.717) is 17.2 Å². The molecule has 0 spiro atoms. The molecule has 2 N–H and O–H groups in total. The number of aromatic nitrogens is 4. The van der Waals surface area contributed by atoms with Gasteiger partial charge in [0, 0.05) is 24.3 Å². The highest BCUT2D eigenvalue weighted by Crippen LogP contribution is 2.16. The number of aromatic amines is 1. The van der Waals surface area contributed by atoms with Gasteiger partial charge in [0.1, 0.15) is 5.56 Å². The van der Waals surface area contributed by atoms with Gasteiger partial charge in [-0.3, -0.25) is 9.59 Å². The van der Waals surface area contributed by atoms with Gasteiger partial charge in [-0.15, -0.1) is 0 Å². The van der Waals surface area contributed by atoms with Crippen molar-refractivity contribution in [1.82, 2.24) is 19.7 Å². The Morgan fingerprint density at radius 1 is 1.23 bits per heavy atom. The molecule has 0 fully saturated rings. The minimum Gasteiger partial charge on any atom is -0.326 e. The molecule has 0 aliphatic carbocycles. The number of hydrogen-bond acceptors (Lipinski definition) is 4. The predicted octanol–water partition coefficient (Wildman–Crippen LogP) is 1.52. The summed E-state index contributed by atoms with van der Waals surface area (Å²) >= 11 is 0. The van der Waals surface area contributed by atoms with Crippen LogP contribution in [-0.4, -0.2) is 25.7 Å². The van der Waals surface area contributed by atoms with E-state index in [-0.39, 0.29) is 5.56 Å². The smallest absolute Gasteiger partial charge is 0.261 e. The number of pyridine rings is 2. The summed E-state index contributed by atoms with van der Waals surface area (Å²) in [7, 11) is 0. The average Bonchev–Trinajstić information content (AvgIpc) is 3.01. The van der Waals surface area contributed by atoms with Crippen LogP contribution in [0.2, 0.25) is 0 Å². The van der Waals surface area contributed by atoms with Crippen molar-refractivity contribution in [2.24, 2.45) is 0 Å². The molecule has 0 unspecified atom stereocenters. The molecule has 0 saturated carbocycles. The van der Waals surface area contributed by atoms with Gasteiger partial charge in [0.2, 0.25) is 0 Å². The van der Waals surface area contributed by atoms with E-state index in [9.17, 15) is 9.59 Å². The van der Waals surface area contributed by atoms with Crippen molar-refractivity contribution < 1.29 is 4.79 Å². The van der Waals surface area contributed by atoms with Crippen molar-refractivity contribution in [3.63, 3.8) is 0 Å². The lowest BCUT2D eigenvalue weighted by Gasteiger charge is -2.09. The van der Waals surface area contributed by atoms with E-state index in [0.717, 1.165) is 0 Å². The summed E-state index contributed by atoms with van der Waals surface area (Å²) in [6, 6.07) is 8.32. The monoisotopic (exact) mass is 295 g/mol. The van der Waals surface area contributed by atoms with Gasteiger partial charge in [-0.25, -0.2) is 9.67 Å². The molecular formula is C15H13N5O2. The van der Waals surface area contributed by atoms with Gasteiger partial charge in [0.05, 0.1) is 5.69 Å². The third kappa shape index (κ3) is 2.64. The van der Waals surface area contributed by atoms with Gasteiger partial charge in [0.15, 0.2) is 5.82 Å². The van der Waals surface area contributed by atoms with Crippen molar-refractivity contribution in [2.45, 2.75) is 6.92 Å². The van der Waals surface area contributed by atoms with Crippen molar-refractivity contribution in [2.75, 3.05) is 5.32 Å². The van der Waals surface area contributed by atoms with E-state index >= 15 is 0 Å². The maximum atomic E-state index is 12.3. The summed E-state index contributed by atoms with van der Waals surface area (Å²) in [5.41, 5.74) is 0.777. The number of carbonyl (C=O) groups excluding carboxylic acids is 1. The summed E-state index contributed by atoms with van der Waals surface area (Å²) in [4.78, 5) is 30.9. The van der Waals surface area contributed by atoms with E-state index in [2.05, 4.69) is 20.4 Å². The molecule has 0 saturated heterocycles. The van der Waals surface area contributed by atoms with Crippen LogP contribution in [0, 0.1) is 6.92 Å². The van der Waals surface area contributed by atoms with Crippen LogP contribution in [0.5, 0.6) is 0 Å². The molecule has 3 aromatic heterocycles. The largest absolute Gasteiger partial charge is 0.326 e. The van der Waals surface area contributed by atoms with Crippen molar-refractivity contribution >= 4 is 11.6 Å². The van der Waals surface area contributed by atoms with Crippen LogP contribution < -0.4 is 10.9 Å². The van der Waals surface area contributed by atoms with E-state index in [1.807, 2.05) is 0 Å². The SMILES string of the molecule is Cc1ccc(C(=O)Nc2cccnc2-n2cccn2)c(=O)[nH]1. The third-order valence-corrected chi connectivity index (χ3v) is 3.06.